The zero-order chi connectivity index (χ0) is 18.3. The van der Waals surface area contributed by atoms with Crippen molar-refractivity contribution in [2.75, 3.05) is 27.2 Å². The summed E-state index contributed by atoms with van der Waals surface area (Å²) >= 11 is 1.76. The molecule has 0 aliphatic heterocycles. The second-order valence-electron chi connectivity index (χ2n) is 7.27. The predicted octanol–water partition coefficient (Wildman–Crippen LogP) is 2.46. The fourth-order valence-electron chi connectivity index (χ4n) is 3.66. The predicted molar refractivity (Wildman–Crippen MR) is 103 cm³/mol. The Kier molecular flexibility index (Phi) is 4.62. The van der Waals surface area contributed by atoms with Crippen molar-refractivity contribution in [1.29, 1.82) is 0 Å². The maximum absolute atomic E-state index is 12.4. The van der Waals surface area contributed by atoms with Gasteiger partial charge in [0.25, 0.3) is 5.91 Å². The Bertz CT molecular complexity index is 960. The minimum absolute atomic E-state index is 0.215. The van der Waals surface area contributed by atoms with E-state index in [4.69, 9.17) is 0 Å². The Balaban J connectivity index is 1.66. The average molecular weight is 372 g/mol. The van der Waals surface area contributed by atoms with Gasteiger partial charge in [0.2, 0.25) is 5.82 Å². The first-order valence-corrected chi connectivity index (χ1v) is 9.96. The number of nitrogens with one attached hydrogen (secondary N) is 1. The summed E-state index contributed by atoms with van der Waals surface area (Å²) in [7, 11) is 4.04. The normalized spacial score (nSPS) is 17.2. The molecule has 1 aliphatic rings. The maximum atomic E-state index is 12.4. The first-order valence-electron chi connectivity index (χ1n) is 9.14. The Morgan fingerprint density at radius 1 is 1.46 bits per heavy atom. The molecule has 8 heteroatoms. The molecule has 3 aromatic heterocycles. The Hall–Kier alpha value is -2.06. The number of rotatable bonds is 5. The van der Waals surface area contributed by atoms with Gasteiger partial charge in [-0.25, -0.2) is 14.5 Å². The lowest BCUT2D eigenvalue weighted by molar-refractivity contribution is 0.0942. The fourth-order valence-corrected chi connectivity index (χ4v) is 4.95. The largest absolute Gasteiger partial charge is 0.349 e. The molecule has 7 nitrogen and oxygen atoms in total. The SMILES string of the molecule is C[C@@H]1CCCc2sc3ncn4nc(C(=O)NCCCN(C)C)nc4c3c21. The molecular weight excluding hydrogens is 348 g/mol. The van der Waals surface area contributed by atoms with E-state index in [1.54, 1.807) is 22.2 Å². The maximum Gasteiger partial charge on any atom is 0.290 e. The van der Waals surface area contributed by atoms with Crippen LogP contribution < -0.4 is 5.32 Å². The van der Waals surface area contributed by atoms with Crippen LogP contribution in [0.3, 0.4) is 0 Å². The lowest BCUT2D eigenvalue weighted by Gasteiger charge is -2.18. The summed E-state index contributed by atoms with van der Waals surface area (Å²) < 4.78 is 1.64. The van der Waals surface area contributed by atoms with Gasteiger partial charge in [0.05, 0.1) is 5.39 Å². The van der Waals surface area contributed by atoms with Crippen molar-refractivity contribution in [1.82, 2.24) is 29.8 Å². The van der Waals surface area contributed by atoms with Crippen LogP contribution in [0.4, 0.5) is 0 Å². The van der Waals surface area contributed by atoms with Crippen LogP contribution in [0.1, 0.15) is 53.2 Å². The van der Waals surface area contributed by atoms with E-state index < -0.39 is 0 Å². The molecule has 3 heterocycles. The van der Waals surface area contributed by atoms with Crippen molar-refractivity contribution in [3.05, 3.63) is 22.6 Å². The van der Waals surface area contributed by atoms with Crippen molar-refractivity contribution < 1.29 is 4.79 Å². The molecule has 1 aliphatic carbocycles. The van der Waals surface area contributed by atoms with Crippen molar-refractivity contribution in [2.45, 2.75) is 38.5 Å². The minimum Gasteiger partial charge on any atom is -0.349 e. The monoisotopic (exact) mass is 372 g/mol. The lowest BCUT2D eigenvalue weighted by Crippen LogP contribution is -2.28. The Morgan fingerprint density at radius 2 is 2.31 bits per heavy atom. The third kappa shape index (κ3) is 3.07. The molecule has 0 fully saturated rings. The average Bonchev–Trinajstić information content (AvgIpc) is 3.19. The summed E-state index contributed by atoms with van der Waals surface area (Å²) in [6, 6.07) is 0. The molecule has 0 bridgehead atoms. The molecule has 1 atom stereocenters. The molecule has 0 radical (unpaired) electrons. The number of hydrogen-bond acceptors (Lipinski definition) is 6. The molecular formula is C18H24N6OS. The zero-order valence-corrected chi connectivity index (χ0v) is 16.3. The van der Waals surface area contributed by atoms with Crippen LogP contribution >= 0.6 is 11.3 Å². The van der Waals surface area contributed by atoms with Crippen molar-refractivity contribution in [3.63, 3.8) is 0 Å². The second-order valence-corrected chi connectivity index (χ2v) is 8.36. The van der Waals surface area contributed by atoms with Gasteiger partial charge in [-0.3, -0.25) is 4.79 Å². The summed E-state index contributed by atoms with van der Waals surface area (Å²) in [5, 5.41) is 8.34. The summed E-state index contributed by atoms with van der Waals surface area (Å²) in [6.45, 7) is 3.82. The van der Waals surface area contributed by atoms with E-state index in [1.165, 1.54) is 23.3 Å². The highest BCUT2D eigenvalue weighted by atomic mass is 32.1. The molecule has 138 valence electrons. The van der Waals surface area contributed by atoms with Crippen molar-refractivity contribution in [3.8, 4) is 0 Å². The standard InChI is InChI=1S/C18H24N6OS/c1-11-6-4-7-12-13(11)14-16-21-15(17(25)19-8-5-9-23(2)3)22-24(16)10-20-18(14)26-12/h10-11H,4-9H2,1-3H3,(H,19,25)/t11-/m1/s1. The highest BCUT2D eigenvalue weighted by Gasteiger charge is 2.25. The number of carbonyl (C=O) groups excluding carboxylic acids is 1. The van der Waals surface area contributed by atoms with Gasteiger partial charge in [0, 0.05) is 11.4 Å². The number of fused-ring (bicyclic) bond motifs is 5. The van der Waals surface area contributed by atoms with Crippen LogP contribution in [0.2, 0.25) is 0 Å². The van der Waals surface area contributed by atoms with E-state index in [9.17, 15) is 4.79 Å². The van der Waals surface area contributed by atoms with Gasteiger partial charge in [0.1, 0.15) is 11.2 Å². The third-order valence-corrected chi connectivity index (χ3v) is 6.12. The van der Waals surface area contributed by atoms with Crippen molar-refractivity contribution >= 4 is 33.1 Å². The molecule has 3 aromatic rings. The number of aromatic nitrogens is 4. The molecule has 0 saturated heterocycles. The molecule has 1 amide bonds. The molecule has 1 N–H and O–H groups in total. The van der Waals surface area contributed by atoms with E-state index in [-0.39, 0.29) is 11.7 Å². The van der Waals surface area contributed by atoms with E-state index in [2.05, 4.69) is 32.2 Å². The smallest absolute Gasteiger partial charge is 0.290 e. The van der Waals surface area contributed by atoms with E-state index >= 15 is 0 Å². The Labute approximate surface area is 156 Å². The topological polar surface area (TPSA) is 75.4 Å². The van der Waals surface area contributed by atoms with Gasteiger partial charge < -0.3 is 10.2 Å². The first-order chi connectivity index (χ1) is 12.5. The van der Waals surface area contributed by atoms with E-state index in [0.29, 0.717) is 12.5 Å². The Morgan fingerprint density at radius 3 is 3.12 bits per heavy atom. The molecule has 0 aromatic carbocycles. The van der Waals surface area contributed by atoms with Gasteiger partial charge in [-0.15, -0.1) is 16.4 Å². The van der Waals surface area contributed by atoms with E-state index in [1.807, 2.05) is 14.1 Å². The molecule has 0 unspecified atom stereocenters. The molecule has 4 rings (SSSR count). The number of aryl methyl sites for hydroxylation is 1. The minimum atomic E-state index is -0.224. The van der Waals surface area contributed by atoms with Gasteiger partial charge in [-0.1, -0.05) is 6.92 Å². The van der Waals surface area contributed by atoms with E-state index in [0.717, 1.165) is 35.3 Å². The third-order valence-electron chi connectivity index (χ3n) is 4.95. The van der Waals surface area contributed by atoms with Crippen LogP contribution in [0, 0.1) is 0 Å². The molecule has 26 heavy (non-hydrogen) atoms. The fraction of sp³-hybridized carbons (Fsp3) is 0.556. The van der Waals surface area contributed by atoms with Crippen LogP contribution in [0.5, 0.6) is 0 Å². The highest BCUT2D eigenvalue weighted by molar-refractivity contribution is 7.19. The highest BCUT2D eigenvalue weighted by Crippen LogP contribution is 2.42. The second kappa shape index (κ2) is 6.92. The summed E-state index contributed by atoms with van der Waals surface area (Å²) in [5.41, 5.74) is 2.11. The summed E-state index contributed by atoms with van der Waals surface area (Å²) in [6.07, 6.45) is 6.09. The number of hydrogen-bond donors (Lipinski definition) is 1. The van der Waals surface area contributed by atoms with Gasteiger partial charge in [-0.05, 0) is 57.8 Å². The quantitative estimate of drug-likeness (QED) is 0.696. The van der Waals surface area contributed by atoms with Gasteiger partial charge >= 0.3 is 0 Å². The first kappa shape index (κ1) is 17.4. The van der Waals surface area contributed by atoms with Gasteiger partial charge in [0.15, 0.2) is 5.65 Å². The van der Waals surface area contributed by atoms with Crippen LogP contribution in [-0.4, -0.2) is 57.6 Å². The zero-order valence-electron chi connectivity index (χ0n) is 15.4. The van der Waals surface area contributed by atoms with Gasteiger partial charge in [-0.2, -0.15) is 0 Å². The summed E-state index contributed by atoms with van der Waals surface area (Å²) in [5.74, 6) is 0.492. The molecule has 0 spiro atoms. The van der Waals surface area contributed by atoms with Crippen LogP contribution in [0.15, 0.2) is 6.33 Å². The summed E-state index contributed by atoms with van der Waals surface area (Å²) in [4.78, 5) is 26.0. The number of amides is 1. The van der Waals surface area contributed by atoms with Crippen LogP contribution in [0.25, 0.3) is 15.9 Å². The van der Waals surface area contributed by atoms with Crippen molar-refractivity contribution in [2.24, 2.45) is 0 Å². The lowest BCUT2D eigenvalue weighted by atomic mass is 9.87. The number of carbonyl (C=O) groups is 1. The number of nitrogens with zero attached hydrogens (tertiary/aromatic N) is 5. The van der Waals surface area contributed by atoms with Crippen LogP contribution in [-0.2, 0) is 6.42 Å². The number of thiophene rings is 1. The molecule has 0 saturated carbocycles.